The molecule has 0 unspecified atom stereocenters. The van der Waals surface area contributed by atoms with Gasteiger partial charge in [0.05, 0.1) is 19.0 Å². The first-order valence-electron chi connectivity index (χ1n) is 7.77. The van der Waals surface area contributed by atoms with Gasteiger partial charge in [-0.3, -0.25) is 9.36 Å². The molecule has 0 aromatic carbocycles. The summed E-state index contributed by atoms with van der Waals surface area (Å²) < 4.78 is 11.7. The molecule has 7 heteroatoms. The van der Waals surface area contributed by atoms with Crippen LogP contribution in [0.5, 0.6) is 0 Å². The van der Waals surface area contributed by atoms with Crippen molar-refractivity contribution in [3.05, 3.63) is 50.3 Å². The van der Waals surface area contributed by atoms with Crippen molar-refractivity contribution in [2.75, 3.05) is 7.11 Å². The molecular weight excluding hydrogens is 328 g/mol. The van der Waals surface area contributed by atoms with E-state index in [9.17, 15) is 9.59 Å². The summed E-state index contributed by atoms with van der Waals surface area (Å²) in [6, 6.07) is 3.23. The van der Waals surface area contributed by atoms with Crippen LogP contribution in [0.4, 0.5) is 0 Å². The molecule has 0 atom stereocenters. The van der Waals surface area contributed by atoms with Crippen molar-refractivity contribution in [1.29, 1.82) is 0 Å². The molecule has 1 aliphatic rings. The number of esters is 1. The number of thiophene rings is 1. The first-order valence-corrected chi connectivity index (χ1v) is 8.59. The quantitative estimate of drug-likeness (QED) is 0.683. The van der Waals surface area contributed by atoms with Crippen LogP contribution in [0, 0.1) is 6.92 Å². The molecule has 24 heavy (non-hydrogen) atoms. The summed E-state index contributed by atoms with van der Waals surface area (Å²) in [6.45, 7) is 2.06. The Kier molecular flexibility index (Phi) is 3.53. The van der Waals surface area contributed by atoms with Crippen LogP contribution < -0.4 is 5.56 Å². The van der Waals surface area contributed by atoms with E-state index < -0.39 is 5.97 Å². The molecular formula is C17H16N2O4S. The van der Waals surface area contributed by atoms with Gasteiger partial charge in [0.2, 0.25) is 5.76 Å². The number of furan rings is 1. The third kappa shape index (κ3) is 2.27. The predicted molar refractivity (Wildman–Crippen MR) is 89.8 cm³/mol. The number of aryl methyl sites for hydroxylation is 3. The van der Waals surface area contributed by atoms with E-state index in [4.69, 9.17) is 4.42 Å². The van der Waals surface area contributed by atoms with Gasteiger partial charge in [-0.2, -0.15) is 0 Å². The van der Waals surface area contributed by atoms with Crippen LogP contribution in [-0.2, 0) is 24.1 Å². The highest BCUT2D eigenvalue weighted by Gasteiger charge is 2.22. The number of carbonyl (C=O) groups excluding carboxylic acids is 1. The number of hydrogen-bond donors (Lipinski definition) is 0. The highest BCUT2D eigenvalue weighted by Crippen LogP contribution is 2.34. The van der Waals surface area contributed by atoms with Gasteiger partial charge in [0.25, 0.3) is 5.56 Å². The highest BCUT2D eigenvalue weighted by molar-refractivity contribution is 7.18. The standard InChI is InChI=1S/C17H16N2O4S/c1-9-18-15-14(11-4-3-5-13(11)24-15)16(20)19(9)8-10-6-7-12(23-10)17(21)22-2/h6-7H,3-5,8H2,1-2H3. The minimum absolute atomic E-state index is 0.0343. The molecule has 0 spiro atoms. The molecule has 0 saturated carbocycles. The van der Waals surface area contributed by atoms with Crippen LogP contribution in [0.3, 0.4) is 0 Å². The number of methoxy groups -OCH3 is 1. The van der Waals surface area contributed by atoms with Crippen molar-refractivity contribution < 1.29 is 13.9 Å². The molecule has 0 N–H and O–H groups in total. The molecule has 3 aromatic rings. The second kappa shape index (κ2) is 5.59. The van der Waals surface area contributed by atoms with Crippen molar-refractivity contribution >= 4 is 27.5 Å². The lowest BCUT2D eigenvalue weighted by Gasteiger charge is -2.08. The maximum absolute atomic E-state index is 13.0. The van der Waals surface area contributed by atoms with Crippen LogP contribution in [0.25, 0.3) is 10.2 Å². The Balaban J connectivity index is 1.78. The lowest BCUT2D eigenvalue weighted by Crippen LogP contribution is -2.24. The summed E-state index contributed by atoms with van der Waals surface area (Å²) in [4.78, 5) is 31.2. The molecule has 4 rings (SSSR count). The molecule has 1 aliphatic carbocycles. The molecule has 124 valence electrons. The number of carbonyl (C=O) groups is 1. The van der Waals surface area contributed by atoms with Gasteiger partial charge in [0.15, 0.2) is 0 Å². The van der Waals surface area contributed by atoms with Crippen molar-refractivity contribution in [3.63, 3.8) is 0 Å². The molecule has 3 aromatic heterocycles. The second-order valence-corrected chi connectivity index (χ2v) is 6.93. The van der Waals surface area contributed by atoms with Crippen LogP contribution >= 0.6 is 11.3 Å². The van der Waals surface area contributed by atoms with Gasteiger partial charge in [-0.25, -0.2) is 9.78 Å². The summed E-state index contributed by atoms with van der Waals surface area (Å²) >= 11 is 1.63. The Morgan fingerprint density at radius 2 is 2.25 bits per heavy atom. The molecule has 0 aliphatic heterocycles. The minimum atomic E-state index is -0.533. The number of aromatic nitrogens is 2. The van der Waals surface area contributed by atoms with Gasteiger partial charge in [0.1, 0.15) is 16.4 Å². The van der Waals surface area contributed by atoms with E-state index >= 15 is 0 Å². The average molecular weight is 344 g/mol. The number of ether oxygens (including phenoxy) is 1. The van der Waals surface area contributed by atoms with E-state index in [0.29, 0.717) is 11.6 Å². The molecule has 3 heterocycles. The lowest BCUT2D eigenvalue weighted by molar-refractivity contribution is 0.0563. The third-order valence-corrected chi connectivity index (χ3v) is 5.56. The summed E-state index contributed by atoms with van der Waals surface area (Å²) in [5.74, 6) is 0.760. The lowest BCUT2D eigenvalue weighted by atomic mass is 10.2. The Labute approximate surface area is 141 Å². The third-order valence-electron chi connectivity index (χ3n) is 4.38. The predicted octanol–water partition coefficient (Wildman–Crippen LogP) is 2.68. The monoisotopic (exact) mass is 344 g/mol. The Morgan fingerprint density at radius 1 is 1.42 bits per heavy atom. The number of rotatable bonds is 3. The van der Waals surface area contributed by atoms with Gasteiger partial charge < -0.3 is 9.15 Å². The molecule has 0 amide bonds. The van der Waals surface area contributed by atoms with Crippen molar-refractivity contribution in [2.45, 2.75) is 32.7 Å². The van der Waals surface area contributed by atoms with Gasteiger partial charge in [0, 0.05) is 4.88 Å². The molecule has 0 radical (unpaired) electrons. The van der Waals surface area contributed by atoms with E-state index in [1.807, 2.05) is 6.92 Å². The zero-order valence-electron chi connectivity index (χ0n) is 13.4. The van der Waals surface area contributed by atoms with Gasteiger partial charge >= 0.3 is 5.97 Å². The fraction of sp³-hybridized carbons (Fsp3) is 0.353. The van der Waals surface area contributed by atoms with E-state index in [2.05, 4.69) is 9.72 Å². The van der Waals surface area contributed by atoms with Crippen molar-refractivity contribution in [1.82, 2.24) is 9.55 Å². The van der Waals surface area contributed by atoms with Gasteiger partial charge in [-0.1, -0.05) is 0 Å². The average Bonchev–Trinajstić information content (AvgIpc) is 3.25. The normalized spacial score (nSPS) is 13.4. The molecule has 0 bridgehead atoms. The summed E-state index contributed by atoms with van der Waals surface area (Å²) in [6.07, 6.45) is 3.09. The van der Waals surface area contributed by atoms with Crippen molar-refractivity contribution in [3.8, 4) is 0 Å². The first-order chi connectivity index (χ1) is 11.6. The van der Waals surface area contributed by atoms with E-state index in [0.717, 1.165) is 35.0 Å². The number of nitrogens with zero attached hydrogens (tertiary/aromatic N) is 2. The summed E-state index contributed by atoms with van der Waals surface area (Å²) in [7, 11) is 1.30. The molecule has 0 saturated heterocycles. The van der Waals surface area contributed by atoms with Crippen LogP contribution in [0.15, 0.2) is 21.3 Å². The maximum Gasteiger partial charge on any atom is 0.373 e. The Bertz CT molecular complexity index is 1010. The van der Waals surface area contributed by atoms with E-state index in [1.165, 1.54) is 12.0 Å². The van der Waals surface area contributed by atoms with Gasteiger partial charge in [-0.15, -0.1) is 11.3 Å². The number of hydrogen-bond acceptors (Lipinski definition) is 6. The Morgan fingerprint density at radius 3 is 3.04 bits per heavy atom. The highest BCUT2D eigenvalue weighted by atomic mass is 32.1. The molecule has 6 nitrogen and oxygen atoms in total. The Hall–Kier alpha value is -2.41. The van der Waals surface area contributed by atoms with Crippen molar-refractivity contribution in [2.24, 2.45) is 0 Å². The van der Waals surface area contributed by atoms with E-state index in [1.54, 1.807) is 28.0 Å². The zero-order chi connectivity index (χ0) is 16.8. The van der Waals surface area contributed by atoms with Gasteiger partial charge in [-0.05, 0) is 43.9 Å². The largest absolute Gasteiger partial charge is 0.463 e. The number of fused-ring (bicyclic) bond motifs is 3. The fourth-order valence-corrected chi connectivity index (χ4v) is 4.49. The van der Waals surface area contributed by atoms with Crippen LogP contribution in [0.1, 0.15) is 39.0 Å². The SMILES string of the molecule is COC(=O)c1ccc(Cn2c(C)nc3sc4c(c3c2=O)CCC4)o1. The maximum atomic E-state index is 13.0. The fourth-order valence-electron chi connectivity index (χ4n) is 3.19. The minimum Gasteiger partial charge on any atom is -0.463 e. The van der Waals surface area contributed by atoms with E-state index in [-0.39, 0.29) is 17.9 Å². The van der Waals surface area contributed by atoms with Crippen LogP contribution in [0.2, 0.25) is 0 Å². The molecule has 0 fully saturated rings. The smallest absolute Gasteiger partial charge is 0.373 e. The summed E-state index contributed by atoms with van der Waals surface area (Å²) in [5, 5.41) is 0.748. The van der Waals surface area contributed by atoms with Crippen LogP contribution in [-0.4, -0.2) is 22.6 Å². The summed E-state index contributed by atoms with van der Waals surface area (Å²) in [5.41, 5.74) is 1.13. The first kappa shape index (κ1) is 15.1. The zero-order valence-corrected chi connectivity index (χ0v) is 14.2. The second-order valence-electron chi connectivity index (χ2n) is 5.85. The topological polar surface area (TPSA) is 74.3 Å².